The predicted molar refractivity (Wildman–Crippen MR) is 99.9 cm³/mol. The van der Waals surface area contributed by atoms with Crippen molar-refractivity contribution in [3.8, 4) is 11.4 Å². The molecule has 0 amide bonds. The number of hydrogen-bond donors (Lipinski definition) is 2. The Bertz CT molecular complexity index is 1210. The van der Waals surface area contributed by atoms with Gasteiger partial charge in [0.1, 0.15) is 16.9 Å². The van der Waals surface area contributed by atoms with Crippen LogP contribution in [0, 0.1) is 0 Å². The smallest absolute Gasteiger partial charge is 0.163 e. The summed E-state index contributed by atoms with van der Waals surface area (Å²) in [5.74, 6) is 1.36. The Hall–Kier alpha value is -3.87. The Morgan fingerprint density at radius 1 is 0.808 bits per heavy atom. The maximum absolute atomic E-state index is 4.73. The maximum atomic E-state index is 4.73. The number of para-hydroxylation sites is 1. The molecule has 0 saturated carbocycles. The molecule has 2 N–H and O–H groups in total. The molecular weight excluding hydrogens is 326 g/mol. The van der Waals surface area contributed by atoms with Gasteiger partial charge < -0.3 is 5.32 Å². The highest BCUT2D eigenvalue weighted by molar-refractivity contribution is 5.93. The summed E-state index contributed by atoms with van der Waals surface area (Å²) >= 11 is 0. The number of aromatic amines is 1. The molecule has 0 aliphatic carbocycles. The molecule has 5 rings (SSSR count). The molecule has 7 nitrogen and oxygen atoms in total. The fourth-order valence-electron chi connectivity index (χ4n) is 2.85. The normalized spacial score (nSPS) is 11.1. The summed E-state index contributed by atoms with van der Waals surface area (Å²) in [6.45, 7) is 0. The van der Waals surface area contributed by atoms with E-state index in [4.69, 9.17) is 4.98 Å². The second-order valence-corrected chi connectivity index (χ2v) is 5.81. The summed E-state index contributed by atoms with van der Waals surface area (Å²) in [6, 6.07) is 17.5. The second kappa shape index (κ2) is 5.89. The van der Waals surface area contributed by atoms with Gasteiger partial charge in [-0.15, -0.1) is 0 Å². The number of aromatic nitrogens is 6. The van der Waals surface area contributed by atoms with Crippen molar-refractivity contribution in [1.29, 1.82) is 0 Å². The van der Waals surface area contributed by atoms with E-state index in [2.05, 4.69) is 30.7 Å². The molecule has 3 aromatic heterocycles. The molecule has 0 bridgehead atoms. The van der Waals surface area contributed by atoms with E-state index in [0.717, 1.165) is 39.0 Å². The maximum Gasteiger partial charge on any atom is 0.163 e. The van der Waals surface area contributed by atoms with E-state index in [1.54, 1.807) is 12.4 Å². The third-order valence-corrected chi connectivity index (χ3v) is 4.10. The van der Waals surface area contributed by atoms with Crippen LogP contribution in [0.5, 0.6) is 0 Å². The number of pyridine rings is 1. The van der Waals surface area contributed by atoms with Crippen LogP contribution in [0.15, 0.2) is 67.0 Å². The molecule has 26 heavy (non-hydrogen) atoms. The van der Waals surface area contributed by atoms with Crippen LogP contribution >= 0.6 is 0 Å². The van der Waals surface area contributed by atoms with Crippen LogP contribution in [0.3, 0.4) is 0 Å². The number of anilines is 2. The molecule has 124 valence electrons. The first-order valence-corrected chi connectivity index (χ1v) is 8.11. The van der Waals surface area contributed by atoms with Gasteiger partial charge >= 0.3 is 0 Å². The first-order valence-electron chi connectivity index (χ1n) is 8.11. The minimum Gasteiger partial charge on any atom is -0.340 e. The first-order chi connectivity index (χ1) is 12.9. The van der Waals surface area contributed by atoms with Crippen LogP contribution in [0.4, 0.5) is 11.5 Å². The minimum absolute atomic E-state index is 0.627. The van der Waals surface area contributed by atoms with Gasteiger partial charge in [-0.1, -0.05) is 12.1 Å². The topological polar surface area (TPSA) is 92.3 Å². The molecule has 3 heterocycles. The number of H-pyrrole nitrogens is 1. The zero-order valence-corrected chi connectivity index (χ0v) is 13.6. The van der Waals surface area contributed by atoms with Crippen molar-refractivity contribution in [3.63, 3.8) is 0 Å². The lowest BCUT2D eigenvalue weighted by molar-refractivity contribution is 0.959. The molecule has 5 aromatic rings. The molecule has 2 aromatic carbocycles. The van der Waals surface area contributed by atoms with Crippen molar-refractivity contribution in [3.05, 3.63) is 67.0 Å². The zero-order chi connectivity index (χ0) is 17.3. The fourth-order valence-corrected chi connectivity index (χ4v) is 2.85. The fraction of sp³-hybridized carbons (Fsp3) is 0. The standard InChI is InChI=1S/C19H13N7/c1-2-6-15-14(5-1)19(23-18(22-15)12-4-3-9-20-11-12)21-13-7-8-16-17(10-13)25-26-24-16/h1-11H,(H,21,22,23)(H,24,25,26). The van der Waals surface area contributed by atoms with Crippen molar-refractivity contribution in [1.82, 2.24) is 30.4 Å². The molecular formula is C19H13N7. The summed E-state index contributed by atoms with van der Waals surface area (Å²) in [6.07, 6.45) is 3.49. The van der Waals surface area contributed by atoms with Crippen LogP contribution in [0.25, 0.3) is 33.3 Å². The monoisotopic (exact) mass is 339 g/mol. The molecule has 0 unspecified atom stereocenters. The quantitative estimate of drug-likeness (QED) is 0.520. The minimum atomic E-state index is 0.627. The molecule has 0 aliphatic rings. The number of nitrogens with one attached hydrogen (secondary N) is 2. The largest absolute Gasteiger partial charge is 0.340 e. The third-order valence-electron chi connectivity index (χ3n) is 4.10. The van der Waals surface area contributed by atoms with Crippen molar-refractivity contribution < 1.29 is 0 Å². The van der Waals surface area contributed by atoms with Gasteiger partial charge in [0.25, 0.3) is 0 Å². The van der Waals surface area contributed by atoms with E-state index in [1.165, 1.54) is 0 Å². The lowest BCUT2D eigenvalue weighted by atomic mass is 10.2. The van der Waals surface area contributed by atoms with Gasteiger partial charge in [-0.25, -0.2) is 9.97 Å². The van der Waals surface area contributed by atoms with E-state index < -0.39 is 0 Å². The zero-order valence-electron chi connectivity index (χ0n) is 13.6. The van der Waals surface area contributed by atoms with Crippen LogP contribution in [0.1, 0.15) is 0 Å². The van der Waals surface area contributed by atoms with E-state index in [0.29, 0.717) is 5.82 Å². The molecule has 0 spiro atoms. The van der Waals surface area contributed by atoms with Gasteiger partial charge in [0, 0.05) is 29.0 Å². The highest BCUT2D eigenvalue weighted by atomic mass is 15.3. The number of benzene rings is 2. The highest BCUT2D eigenvalue weighted by Crippen LogP contribution is 2.27. The Morgan fingerprint density at radius 2 is 1.73 bits per heavy atom. The van der Waals surface area contributed by atoms with Gasteiger partial charge in [-0.2, -0.15) is 15.4 Å². The Morgan fingerprint density at radius 3 is 2.65 bits per heavy atom. The van der Waals surface area contributed by atoms with Gasteiger partial charge in [0.2, 0.25) is 0 Å². The van der Waals surface area contributed by atoms with Gasteiger partial charge in [-0.05, 0) is 42.5 Å². The summed E-state index contributed by atoms with van der Waals surface area (Å²) in [4.78, 5) is 13.6. The molecule has 0 fully saturated rings. The summed E-state index contributed by atoms with van der Waals surface area (Å²) < 4.78 is 0. The number of rotatable bonds is 3. The average molecular weight is 339 g/mol. The Kier molecular flexibility index (Phi) is 3.28. The van der Waals surface area contributed by atoms with Crippen LogP contribution in [0.2, 0.25) is 0 Å². The van der Waals surface area contributed by atoms with Gasteiger partial charge in [-0.3, -0.25) is 4.98 Å². The Balaban J connectivity index is 1.65. The van der Waals surface area contributed by atoms with Gasteiger partial charge in [0.05, 0.1) is 5.52 Å². The molecule has 0 atom stereocenters. The predicted octanol–water partition coefficient (Wildman–Crippen LogP) is 3.71. The number of hydrogen-bond acceptors (Lipinski definition) is 6. The average Bonchev–Trinajstić information content (AvgIpc) is 3.16. The molecule has 7 heteroatoms. The Labute approximate surface area is 148 Å². The summed E-state index contributed by atoms with van der Waals surface area (Å²) in [5, 5.41) is 15.2. The van der Waals surface area contributed by atoms with Crippen molar-refractivity contribution in [2.24, 2.45) is 0 Å². The van der Waals surface area contributed by atoms with Crippen LogP contribution in [-0.2, 0) is 0 Å². The summed E-state index contributed by atoms with van der Waals surface area (Å²) in [5.41, 5.74) is 4.23. The molecule has 0 saturated heterocycles. The van der Waals surface area contributed by atoms with Crippen LogP contribution < -0.4 is 5.32 Å². The lowest BCUT2D eigenvalue weighted by Crippen LogP contribution is -1.99. The first kappa shape index (κ1) is 14.5. The lowest BCUT2D eigenvalue weighted by Gasteiger charge is -2.11. The SMILES string of the molecule is c1cncc(-c2nc(Nc3ccc4n[nH]nc4c3)c3ccccc3n2)c1. The van der Waals surface area contributed by atoms with E-state index in [-0.39, 0.29) is 0 Å². The van der Waals surface area contributed by atoms with Crippen molar-refractivity contribution in [2.75, 3.05) is 5.32 Å². The molecule has 0 aliphatic heterocycles. The third kappa shape index (κ3) is 2.51. The van der Waals surface area contributed by atoms with E-state index in [1.807, 2.05) is 54.6 Å². The van der Waals surface area contributed by atoms with Crippen LogP contribution in [-0.4, -0.2) is 30.4 Å². The number of fused-ring (bicyclic) bond motifs is 2. The number of nitrogens with zero attached hydrogens (tertiary/aromatic N) is 5. The van der Waals surface area contributed by atoms with Gasteiger partial charge in [0.15, 0.2) is 5.82 Å². The second-order valence-electron chi connectivity index (χ2n) is 5.81. The van der Waals surface area contributed by atoms with E-state index in [9.17, 15) is 0 Å². The van der Waals surface area contributed by atoms with E-state index >= 15 is 0 Å². The summed E-state index contributed by atoms with van der Waals surface area (Å²) in [7, 11) is 0. The van der Waals surface area contributed by atoms with Crippen molar-refractivity contribution >= 4 is 33.4 Å². The molecule has 0 radical (unpaired) electrons. The van der Waals surface area contributed by atoms with Crippen molar-refractivity contribution in [2.45, 2.75) is 0 Å². The highest BCUT2D eigenvalue weighted by Gasteiger charge is 2.10.